The van der Waals surface area contributed by atoms with Gasteiger partial charge in [-0.3, -0.25) is 4.79 Å². The number of carbonyl (C=O) groups excluding carboxylic acids is 1. The van der Waals surface area contributed by atoms with E-state index in [-0.39, 0.29) is 11.9 Å². The molecule has 1 aliphatic rings. The number of likely N-dealkylation sites (tertiary alicyclic amines) is 1. The Kier molecular flexibility index (Phi) is 5.45. The number of esters is 1. The highest BCUT2D eigenvalue weighted by Crippen LogP contribution is 2.16. The van der Waals surface area contributed by atoms with E-state index in [1.165, 1.54) is 32.8 Å². The fourth-order valence-corrected chi connectivity index (χ4v) is 2.69. The normalized spacial score (nSPS) is 18.8. The number of carbonyl (C=O) groups is 1. The van der Waals surface area contributed by atoms with E-state index < -0.39 is 0 Å². The van der Waals surface area contributed by atoms with Gasteiger partial charge < -0.3 is 14.1 Å². The number of furan rings is 1. The Morgan fingerprint density at radius 3 is 2.68 bits per heavy atom. The van der Waals surface area contributed by atoms with Crippen LogP contribution in [-0.2, 0) is 16.0 Å². The molecule has 0 saturated carbocycles. The van der Waals surface area contributed by atoms with Crippen molar-refractivity contribution in [1.29, 1.82) is 0 Å². The molecule has 1 aromatic rings. The highest BCUT2D eigenvalue weighted by Gasteiger charge is 2.24. The average molecular weight is 265 g/mol. The molecule has 106 valence electrons. The van der Waals surface area contributed by atoms with E-state index in [0.717, 1.165) is 25.4 Å². The topological polar surface area (TPSA) is 42.7 Å². The highest BCUT2D eigenvalue weighted by molar-refractivity contribution is 5.72. The lowest BCUT2D eigenvalue weighted by Crippen LogP contribution is -2.35. The molecule has 1 aromatic heterocycles. The van der Waals surface area contributed by atoms with Crippen LogP contribution in [-0.4, -0.2) is 37.6 Å². The first-order valence-electron chi connectivity index (χ1n) is 7.12. The molecule has 0 aliphatic carbocycles. The minimum absolute atomic E-state index is 0.130. The first-order valence-corrected chi connectivity index (χ1v) is 7.12. The molecule has 0 aromatic carbocycles. The molecule has 0 spiro atoms. The molecule has 4 nitrogen and oxygen atoms in total. The van der Waals surface area contributed by atoms with Crippen LogP contribution in [0.5, 0.6) is 0 Å². The lowest BCUT2D eigenvalue weighted by atomic mass is 10.0. The molecule has 0 N–H and O–H groups in total. The summed E-state index contributed by atoms with van der Waals surface area (Å²) in [5.74, 6) is 0.583. The van der Waals surface area contributed by atoms with Gasteiger partial charge in [0.1, 0.15) is 5.76 Å². The fraction of sp³-hybridized carbons (Fsp3) is 0.667. The zero-order chi connectivity index (χ0) is 13.5. The third-order valence-electron chi connectivity index (χ3n) is 3.74. The zero-order valence-electron chi connectivity index (χ0n) is 11.6. The van der Waals surface area contributed by atoms with Gasteiger partial charge in [0, 0.05) is 13.0 Å². The second-order valence-corrected chi connectivity index (χ2v) is 5.22. The number of hydrogen-bond acceptors (Lipinski definition) is 4. The largest absolute Gasteiger partial charge is 0.469 e. The van der Waals surface area contributed by atoms with E-state index in [2.05, 4.69) is 4.90 Å². The average Bonchev–Trinajstić information content (AvgIpc) is 2.80. The van der Waals surface area contributed by atoms with Gasteiger partial charge in [-0.25, -0.2) is 0 Å². The number of rotatable bonds is 5. The first kappa shape index (κ1) is 14.1. The maximum absolute atomic E-state index is 11.9. The van der Waals surface area contributed by atoms with E-state index in [1.54, 1.807) is 6.26 Å². The van der Waals surface area contributed by atoms with Crippen LogP contribution in [0.25, 0.3) is 0 Å². The van der Waals surface area contributed by atoms with Crippen molar-refractivity contribution in [3.63, 3.8) is 0 Å². The van der Waals surface area contributed by atoms with Gasteiger partial charge >= 0.3 is 5.97 Å². The molecule has 1 fully saturated rings. The summed E-state index contributed by atoms with van der Waals surface area (Å²) in [5, 5.41) is 0. The molecule has 2 heterocycles. The Morgan fingerprint density at radius 2 is 2.11 bits per heavy atom. The maximum Gasteiger partial charge on any atom is 0.310 e. The Morgan fingerprint density at radius 1 is 1.37 bits per heavy atom. The summed E-state index contributed by atoms with van der Waals surface area (Å²) in [5.41, 5.74) is 0. The third kappa shape index (κ3) is 4.39. The van der Waals surface area contributed by atoms with Gasteiger partial charge in [-0.05, 0) is 38.1 Å². The Hall–Kier alpha value is -1.29. The fourth-order valence-electron chi connectivity index (χ4n) is 2.69. The van der Waals surface area contributed by atoms with E-state index in [1.807, 2.05) is 12.1 Å². The number of hydrogen-bond donors (Lipinski definition) is 0. The molecule has 19 heavy (non-hydrogen) atoms. The summed E-state index contributed by atoms with van der Waals surface area (Å²) < 4.78 is 10.3. The van der Waals surface area contributed by atoms with Gasteiger partial charge in [-0.15, -0.1) is 0 Å². The molecule has 1 aliphatic heterocycles. The molecule has 2 rings (SSSR count). The van der Waals surface area contributed by atoms with E-state index in [9.17, 15) is 4.79 Å². The Balaban J connectivity index is 1.94. The van der Waals surface area contributed by atoms with Crippen molar-refractivity contribution in [2.75, 3.05) is 26.7 Å². The van der Waals surface area contributed by atoms with Crippen LogP contribution in [0.3, 0.4) is 0 Å². The van der Waals surface area contributed by atoms with Crippen molar-refractivity contribution in [3.05, 3.63) is 24.2 Å². The minimum Gasteiger partial charge on any atom is -0.469 e. The number of nitrogens with zero attached hydrogens (tertiary/aromatic N) is 1. The smallest absolute Gasteiger partial charge is 0.310 e. The van der Waals surface area contributed by atoms with Gasteiger partial charge in [0.2, 0.25) is 0 Å². The van der Waals surface area contributed by atoms with Crippen LogP contribution >= 0.6 is 0 Å². The van der Waals surface area contributed by atoms with Crippen LogP contribution in [0.15, 0.2) is 22.8 Å². The summed E-state index contributed by atoms with van der Waals surface area (Å²) in [4.78, 5) is 14.3. The molecule has 0 bridgehead atoms. The highest BCUT2D eigenvalue weighted by atomic mass is 16.5. The van der Waals surface area contributed by atoms with Gasteiger partial charge in [-0.2, -0.15) is 0 Å². The minimum atomic E-state index is -0.138. The predicted octanol–water partition coefficient (Wildman–Crippen LogP) is 2.49. The summed E-state index contributed by atoms with van der Waals surface area (Å²) in [6.45, 7) is 2.95. The van der Waals surface area contributed by atoms with Crippen molar-refractivity contribution in [1.82, 2.24) is 4.90 Å². The molecular weight excluding hydrogens is 242 g/mol. The van der Waals surface area contributed by atoms with Crippen LogP contribution in [0.4, 0.5) is 0 Å². The maximum atomic E-state index is 11.9. The second-order valence-electron chi connectivity index (χ2n) is 5.22. The quantitative estimate of drug-likeness (QED) is 0.767. The van der Waals surface area contributed by atoms with Gasteiger partial charge in [0.25, 0.3) is 0 Å². The number of methoxy groups -OCH3 is 1. The van der Waals surface area contributed by atoms with Gasteiger partial charge in [-0.1, -0.05) is 12.8 Å². The van der Waals surface area contributed by atoms with Crippen LogP contribution in [0.2, 0.25) is 0 Å². The SMILES string of the molecule is COC(=O)C(Cc1ccco1)CN1CCCCCC1. The summed E-state index contributed by atoms with van der Waals surface area (Å²) >= 11 is 0. The molecular formula is C15H23NO3. The monoisotopic (exact) mass is 265 g/mol. The zero-order valence-corrected chi connectivity index (χ0v) is 11.6. The third-order valence-corrected chi connectivity index (χ3v) is 3.74. The van der Waals surface area contributed by atoms with Crippen LogP contribution in [0, 0.1) is 5.92 Å². The van der Waals surface area contributed by atoms with Crippen molar-refractivity contribution in [2.24, 2.45) is 5.92 Å². The predicted molar refractivity (Wildman–Crippen MR) is 72.8 cm³/mol. The summed E-state index contributed by atoms with van der Waals surface area (Å²) in [7, 11) is 1.46. The van der Waals surface area contributed by atoms with Crippen molar-refractivity contribution in [3.8, 4) is 0 Å². The Bertz CT molecular complexity index is 367. The standard InChI is InChI=1S/C15H23NO3/c1-18-15(17)13(11-14-7-6-10-19-14)12-16-8-4-2-3-5-9-16/h6-7,10,13H,2-5,8-9,11-12H2,1H3. The van der Waals surface area contributed by atoms with E-state index in [0.29, 0.717) is 6.42 Å². The van der Waals surface area contributed by atoms with Crippen molar-refractivity contribution in [2.45, 2.75) is 32.1 Å². The van der Waals surface area contributed by atoms with Gasteiger partial charge in [0.05, 0.1) is 19.3 Å². The van der Waals surface area contributed by atoms with Crippen molar-refractivity contribution < 1.29 is 13.9 Å². The summed E-state index contributed by atoms with van der Waals surface area (Å²) in [6.07, 6.45) is 7.34. The van der Waals surface area contributed by atoms with Crippen LogP contribution < -0.4 is 0 Å². The lowest BCUT2D eigenvalue weighted by Gasteiger charge is -2.24. The van der Waals surface area contributed by atoms with E-state index in [4.69, 9.17) is 9.15 Å². The van der Waals surface area contributed by atoms with E-state index >= 15 is 0 Å². The molecule has 1 unspecified atom stereocenters. The summed E-state index contributed by atoms with van der Waals surface area (Å²) in [6, 6.07) is 3.77. The number of ether oxygens (including phenoxy) is 1. The molecule has 0 radical (unpaired) electrons. The molecule has 4 heteroatoms. The van der Waals surface area contributed by atoms with Crippen molar-refractivity contribution >= 4 is 5.97 Å². The first-order chi connectivity index (χ1) is 9.29. The molecule has 1 saturated heterocycles. The lowest BCUT2D eigenvalue weighted by molar-refractivity contribution is -0.146. The second kappa shape index (κ2) is 7.34. The molecule has 1 atom stereocenters. The van der Waals surface area contributed by atoms with Crippen LogP contribution in [0.1, 0.15) is 31.4 Å². The molecule has 0 amide bonds. The Labute approximate surface area is 114 Å². The van der Waals surface area contributed by atoms with Gasteiger partial charge in [0.15, 0.2) is 0 Å².